The number of nitrogens with zero attached hydrogens (tertiary/aromatic N) is 2. The standard InChI is InChI=1S/C17H23N3O/c1-18-13-16-7-8-17(21-16)14-19-9-11-20(12-10-19)15-5-3-2-4-6-15/h2-8,18H,9-14H2,1H3. The van der Waals surface area contributed by atoms with Crippen LogP contribution in [0.25, 0.3) is 0 Å². The topological polar surface area (TPSA) is 31.6 Å². The van der Waals surface area contributed by atoms with Crippen molar-refractivity contribution < 1.29 is 4.42 Å². The second kappa shape index (κ2) is 6.78. The Morgan fingerprint density at radius 1 is 0.952 bits per heavy atom. The van der Waals surface area contributed by atoms with Crippen molar-refractivity contribution in [1.29, 1.82) is 0 Å². The number of rotatable bonds is 5. The summed E-state index contributed by atoms with van der Waals surface area (Å²) in [6.45, 7) is 6.02. The van der Waals surface area contributed by atoms with E-state index in [1.165, 1.54) is 5.69 Å². The van der Waals surface area contributed by atoms with Gasteiger partial charge in [-0.05, 0) is 31.3 Å². The van der Waals surface area contributed by atoms with Crippen molar-refractivity contribution in [2.75, 3.05) is 38.1 Å². The molecule has 0 aliphatic carbocycles. The number of anilines is 1. The van der Waals surface area contributed by atoms with Crippen molar-refractivity contribution in [3.8, 4) is 0 Å². The molecule has 1 aliphatic heterocycles. The molecule has 1 aromatic heterocycles. The number of hydrogen-bond acceptors (Lipinski definition) is 4. The molecule has 0 saturated carbocycles. The fraction of sp³-hybridized carbons (Fsp3) is 0.412. The van der Waals surface area contributed by atoms with Gasteiger partial charge in [-0.1, -0.05) is 18.2 Å². The van der Waals surface area contributed by atoms with Gasteiger partial charge in [0.15, 0.2) is 0 Å². The lowest BCUT2D eigenvalue weighted by Gasteiger charge is -2.35. The largest absolute Gasteiger partial charge is 0.463 e. The first-order valence-electron chi connectivity index (χ1n) is 7.60. The molecule has 0 spiro atoms. The van der Waals surface area contributed by atoms with Gasteiger partial charge in [-0.15, -0.1) is 0 Å². The summed E-state index contributed by atoms with van der Waals surface area (Å²) >= 11 is 0. The van der Waals surface area contributed by atoms with E-state index in [2.05, 4.69) is 57.6 Å². The molecule has 4 nitrogen and oxygen atoms in total. The van der Waals surface area contributed by atoms with E-state index in [9.17, 15) is 0 Å². The lowest BCUT2D eigenvalue weighted by molar-refractivity contribution is 0.228. The van der Waals surface area contributed by atoms with Gasteiger partial charge in [-0.2, -0.15) is 0 Å². The molecule has 1 aromatic carbocycles. The Bertz CT molecular complexity index is 544. The van der Waals surface area contributed by atoms with Crippen molar-refractivity contribution in [3.05, 3.63) is 54.0 Å². The van der Waals surface area contributed by atoms with Gasteiger partial charge in [-0.3, -0.25) is 4.90 Å². The third kappa shape index (κ3) is 3.65. The third-order valence-corrected chi connectivity index (χ3v) is 3.94. The summed E-state index contributed by atoms with van der Waals surface area (Å²) in [5.74, 6) is 2.07. The molecule has 0 radical (unpaired) electrons. The quantitative estimate of drug-likeness (QED) is 0.913. The van der Waals surface area contributed by atoms with Crippen LogP contribution in [0.1, 0.15) is 11.5 Å². The fourth-order valence-corrected chi connectivity index (χ4v) is 2.80. The van der Waals surface area contributed by atoms with E-state index in [0.29, 0.717) is 0 Å². The maximum absolute atomic E-state index is 5.82. The van der Waals surface area contributed by atoms with Gasteiger partial charge in [-0.25, -0.2) is 0 Å². The lowest BCUT2D eigenvalue weighted by atomic mass is 10.2. The van der Waals surface area contributed by atoms with E-state index in [4.69, 9.17) is 4.42 Å². The summed E-state index contributed by atoms with van der Waals surface area (Å²) in [4.78, 5) is 4.91. The first-order chi connectivity index (χ1) is 10.3. The number of furan rings is 1. The van der Waals surface area contributed by atoms with Gasteiger partial charge in [0, 0.05) is 31.9 Å². The summed E-state index contributed by atoms with van der Waals surface area (Å²) < 4.78 is 5.82. The summed E-state index contributed by atoms with van der Waals surface area (Å²) in [7, 11) is 1.94. The Morgan fingerprint density at radius 3 is 2.38 bits per heavy atom. The molecule has 1 fully saturated rings. The normalized spacial score (nSPS) is 16.3. The fourth-order valence-electron chi connectivity index (χ4n) is 2.80. The van der Waals surface area contributed by atoms with Crippen LogP contribution in [0.4, 0.5) is 5.69 Å². The first-order valence-corrected chi connectivity index (χ1v) is 7.60. The van der Waals surface area contributed by atoms with E-state index in [1.807, 2.05) is 7.05 Å². The predicted molar refractivity (Wildman–Crippen MR) is 85.4 cm³/mol. The molecule has 4 heteroatoms. The van der Waals surface area contributed by atoms with Gasteiger partial charge in [0.1, 0.15) is 11.5 Å². The van der Waals surface area contributed by atoms with Crippen LogP contribution in [-0.4, -0.2) is 38.1 Å². The Hall–Kier alpha value is -1.78. The molecule has 2 heterocycles. The van der Waals surface area contributed by atoms with E-state index in [-0.39, 0.29) is 0 Å². The molecule has 0 bridgehead atoms. The van der Waals surface area contributed by atoms with Crippen molar-refractivity contribution >= 4 is 5.69 Å². The summed E-state index contributed by atoms with van der Waals surface area (Å²) in [6.07, 6.45) is 0. The van der Waals surface area contributed by atoms with E-state index in [0.717, 1.165) is 50.8 Å². The van der Waals surface area contributed by atoms with Gasteiger partial charge in [0.05, 0.1) is 13.1 Å². The van der Waals surface area contributed by atoms with E-state index in [1.54, 1.807) is 0 Å². The Morgan fingerprint density at radius 2 is 1.67 bits per heavy atom. The smallest absolute Gasteiger partial charge is 0.118 e. The van der Waals surface area contributed by atoms with E-state index < -0.39 is 0 Å². The number of piperazine rings is 1. The van der Waals surface area contributed by atoms with Crippen LogP contribution in [0.15, 0.2) is 46.9 Å². The minimum absolute atomic E-state index is 0.793. The molecule has 1 saturated heterocycles. The van der Waals surface area contributed by atoms with Crippen LogP contribution in [0.2, 0.25) is 0 Å². The van der Waals surface area contributed by atoms with Crippen LogP contribution in [-0.2, 0) is 13.1 Å². The zero-order chi connectivity index (χ0) is 14.5. The summed E-state index contributed by atoms with van der Waals surface area (Å²) in [5, 5.41) is 3.11. The molecule has 0 atom stereocenters. The molecule has 0 amide bonds. The third-order valence-electron chi connectivity index (χ3n) is 3.94. The van der Waals surface area contributed by atoms with Crippen molar-refractivity contribution in [2.24, 2.45) is 0 Å². The zero-order valence-corrected chi connectivity index (χ0v) is 12.6. The highest BCUT2D eigenvalue weighted by molar-refractivity contribution is 5.46. The maximum Gasteiger partial charge on any atom is 0.118 e. The minimum atomic E-state index is 0.793. The molecular formula is C17H23N3O. The average Bonchev–Trinajstić information content (AvgIpc) is 2.97. The van der Waals surface area contributed by atoms with E-state index >= 15 is 0 Å². The van der Waals surface area contributed by atoms with Crippen LogP contribution >= 0.6 is 0 Å². The minimum Gasteiger partial charge on any atom is -0.463 e. The predicted octanol–water partition coefficient (Wildman–Crippen LogP) is 2.32. The van der Waals surface area contributed by atoms with Crippen LogP contribution in [0, 0.1) is 0 Å². The molecule has 0 unspecified atom stereocenters. The van der Waals surface area contributed by atoms with Crippen LogP contribution < -0.4 is 10.2 Å². The summed E-state index contributed by atoms with van der Waals surface area (Å²) in [5.41, 5.74) is 1.33. The molecule has 1 N–H and O–H groups in total. The number of benzene rings is 1. The number of hydrogen-bond donors (Lipinski definition) is 1. The molecule has 112 valence electrons. The second-order valence-electron chi connectivity index (χ2n) is 5.50. The first kappa shape index (κ1) is 14.2. The summed E-state index contributed by atoms with van der Waals surface area (Å²) in [6, 6.07) is 14.8. The van der Waals surface area contributed by atoms with Gasteiger partial charge in [0.2, 0.25) is 0 Å². The van der Waals surface area contributed by atoms with Crippen LogP contribution in [0.5, 0.6) is 0 Å². The monoisotopic (exact) mass is 285 g/mol. The van der Waals surface area contributed by atoms with Crippen molar-refractivity contribution in [1.82, 2.24) is 10.2 Å². The molecule has 1 aliphatic rings. The van der Waals surface area contributed by atoms with Gasteiger partial charge >= 0.3 is 0 Å². The zero-order valence-electron chi connectivity index (χ0n) is 12.6. The average molecular weight is 285 g/mol. The number of para-hydroxylation sites is 1. The van der Waals surface area contributed by atoms with Gasteiger partial charge < -0.3 is 14.6 Å². The highest BCUT2D eigenvalue weighted by atomic mass is 16.3. The maximum atomic E-state index is 5.82. The number of nitrogens with one attached hydrogen (secondary N) is 1. The van der Waals surface area contributed by atoms with Crippen molar-refractivity contribution in [2.45, 2.75) is 13.1 Å². The Labute approximate surface area is 126 Å². The highest BCUT2D eigenvalue weighted by Gasteiger charge is 2.18. The van der Waals surface area contributed by atoms with Gasteiger partial charge in [0.25, 0.3) is 0 Å². The Balaban J connectivity index is 1.51. The second-order valence-corrected chi connectivity index (χ2v) is 5.50. The van der Waals surface area contributed by atoms with Crippen LogP contribution in [0.3, 0.4) is 0 Å². The molecule has 3 rings (SSSR count). The van der Waals surface area contributed by atoms with Crippen molar-refractivity contribution in [3.63, 3.8) is 0 Å². The lowest BCUT2D eigenvalue weighted by Crippen LogP contribution is -2.45. The highest BCUT2D eigenvalue weighted by Crippen LogP contribution is 2.17. The molecule has 21 heavy (non-hydrogen) atoms. The molecular weight excluding hydrogens is 262 g/mol. The molecule has 2 aromatic rings. The Kier molecular flexibility index (Phi) is 4.58. The SMILES string of the molecule is CNCc1ccc(CN2CCN(c3ccccc3)CC2)o1.